The zero-order valence-electron chi connectivity index (χ0n) is 28.0. The van der Waals surface area contributed by atoms with Crippen molar-refractivity contribution in [3.05, 3.63) is 170 Å². The Morgan fingerprint density at radius 3 is 1.69 bits per heavy atom. The monoisotopic (exact) mass is 660 g/mol. The van der Waals surface area contributed by atoms with Crippen molar-refractivity contribution in [3.8, 4) is 28.2 Å². The minimum absolute atomic E-state index is 0.878. The molecule has 0 aliphatic rings. The van der Waals surface area contributed by atoms with Gasteiger partial charge in [0.25, 0.3) is 0 Å². The number of benzene rings is 8. The van der Waals surface area contributed by atoms with Gasteiger partial charge in [-0.3, -0.25) is 0 Å². The minimum Gasteiger partial charge on any atom is -0.308 e. The molecule has 4 heterocycles. The van der Waals surface area contributed by atoms with E-state index in [1.807, 2.05) is 30.3 Å². The molecule has 0 saturated carbocycles. The highest BCUT2D eigenvalue weighted by Gasteiger charge is 2.25. The fraction of sp³-hybridized carbons (Fsp3) is 0. The largest absolute Gasteiger partial charge is 0.308 e. The first-order valence-electron chi connectivity index (χ1n) is 17.8. The van der Waals surface area contributed by atoms with E-state index in [9.17, 15) is 0 Å². The molecule has 52 heavy (non-hydrogen) atoms. The number of aromatic nitrogens is 4. The number of hydrogen-bond donors (Lipinski definition) is 0. The van der Waals surface area contributed by atoms with Crippen LogP contribution < -0.4 is 0 Å². The van der Waals surface area contributed by atoms with Crippen LogP contribution in [0.1, 0.15) is 0 Å². The van der Waals surface area contributed by atoms with Crippen molar-refractivity contribution < 1.29 is 0 Å². The molecule has 0 N–H and O–H groups in total. The third-order valence-corrected chi connectivity index (χ3v) is 11.0. The van der Waals surface area contributed by atoms with Crippen LogP contribution in [-0.4, -0.2) is 18.9 Å². The van der Waals surface area contributed by atoms with Gasteiger partial charge in [0.15, 0.2) is 0 Å². The highest BCUT2D eigenvalue weighted by molar-refractivity contribution is 6.35. The van der Waals surface area contributed by atoms with E-state index in [4.69, 9.17) is 9.97 Å². The lowest BCUT2D eigenvalue weighted by Gasteiger charge is -2.13. The number of hydrogen-bond acceptors (Lipinski definition) is 2. The Hall–Kier alpha value is -7.04. The van der Waals surface area contributed by atoms with Crippen LogP contribution in [0.2, 0.25) is 0 Å². The Kier molecular flexibility index (Phi) is 5.47. The van der Waals surface area contributed by atoms with Crippen LogP contribution in [0.3, 0.4) is 0 Å². The van der Waals surface area contributed by atoms with Crippen molar-refractivity contribution in [1.82, 2.24) is 18.9 Å². The van der Waals surface area contributed by atoms with Gasteiger partial charge < -0.3 is 8.97 Å². The molecule has 0 spiro atoms. The van der Waals surface area contributed by atoms with Crippen LogP contribution in [0.15, 0.2) is 170 Å². The van der Waals surface area contributed by atoms with Gasteiger partial charge in [-0.15, -0.1) is 0 Å². The lowest BCUT2D eigenvalue weighted by Crippen LogP contribution is -1.97. The van der Waals surface area contributed by atoms with Crippen LogP contribution in [0.4, 0.5) is 0 Å². The van der Waals surface area contributed by atoms with Crippen molar-refractivity contribution in [2.75, 3.05) is 0 Å². The Balaban J connectivity index is 1.20. The molecule has 4 nitrogen and oxygen atoms in total. The second-order valence-electron chi connectivity index (χ2n) is 13.8. The molecule has 0 bridgehead atoms. The highest BCUT2D eigenvalue weighted by Crippen LogP contribution is 2.47. The van der Waals surface area contributed by atoms with Gasteiger partial charge in [0, 0.05) is 54.5 Å². The number of nitrogens with zero attached hydrogens (tertiary/aromatic N) is 4. The molecule has 0 aliphatic carbocycles. The molecule has 0 unspecified atom stereocenters. The van der Waals surface area contributed by atoms with E-state index in [0.717, 1.165) is 39.2 Å². The summed E-state index contributed by atoms with van der Waals surface area (Å²) < 4.78 is 4.99. The number of fused-ring (bicyclic) bond motifs is 13. The summed E-state index contributed by atoms with van der Waals surface area (Å²) >= 11 is 0. The molecular weight excluding hydrogens is 633 g/mol. The predicted octanol–water partition coefficient (Wildman–Crippen LogP) is 12.4. The first kappa shape index (κ1) is 27.7. The van der Waals surface area contributed by atoms with Crippen LogP contribution in [0.25, 0.3) is 110 Å². The summed E-state index contributed by atoms with van der Waals surface area (Å²) in [4.78, 5) is 10.3. The van der Waals surface area contributed by atoms with Gasteiger partial charge in [-0.05, 0) is 47.9 Å². The maximum atomic E-state index is 5.20. The Morgan fingerprint density at radius 1 is 0.365 bits per heavy atom. The van der Waals surface area contributed by atoms with Crippen molar-refractivity contribution in [1.29, 1.82) is 0 Å². The Morgan fingerprint density at radius 2 is 0.942 bits per heavy atom. The maximum absolute atomic E-state index is 5.20. The summed E-state index contributed by atoms with van der Waals surface area (Å²) in [7, 11) is 0. The molecule has 8 aromatic carbocycles. The van der Waals surface area contributed by atoms with Crippen molar-refractivity contribution in [2.24, 2.45) is 0 Å². The van der Waals surface area contributed by atoms with Gasteiger partial charge in [-0.2, -0.15) is 0 Å². The van der Waals surface area contributed by atoms with Crippen LogP contribution in [0.5, 0.6) is 0 Å². The lowest BCUT2D eigenvalue weighted by molar-refractivity contribution is 1.19. The van der Waals surface area contributed by atoms with E-state index in [-0.39, 0.29) is 0 Å². The number of rotatable bonds is 3. The molecule has 4 aromatic heterocycles. The van der Waals surface area contributed by atoms with E-state index in [1.54, 1.807) is 0 Å². The van der Waals surface area contributed by atoms with Gasteiger partial charge >= 0.3 is 0 Å². The summed E-state index contributed by atoms with van der Waals surface area (Å²) in [6.07, 6.45) is 0. The van der Waals surface area contributed by atoms with E-state index < -0.39 is 0 Å². The summed E-state index contributed by atoms with van der Waals surface area (Å²) in [5.41, 5.74) is 12.9. The summed E-state index contributed by atoms with van der Waals surface area (Å²) in [5, 5.41) is 10.1. The van der Waals surface area contributed by atoms with Gasteiger partial charge in [0.05, 0.1) is 50.0 Å². The SMILES string of the molecule is c1ccc(-c2nc3ccccc3nc2-c2ccc(-n3c4c5ccccc5ccc4c4cc5c6ccccc6n6c7ccccc7c(c43)c56)cc2)cc1. The first-order valence-corrected chi connectivity index (χ1v) is 17.8. The van der Waals surface area contributed by atoms with E-state index >= 15 is 0 Å². The zero-order valence-corrected chi connectivity index (χ0v) is 28.0. The molecule has 0 amide bonds. The van der Waals surface area contributed by atoms with E-state index in [0.29, 0.717) is 0 Å². The maximum Gasteiger partial charge on any atom is 0.0973 e. The molecule has 0 saturated heterocycles. The molecule has 4 heteroatoms. The minimum atomic E-state index is 0.878. The summed E-state index contributed by atoms with van der Waals surface area (Å²) in [5.74, 6) is 0. The second kappa shape index (κ2) is 10.3. The third kappa shape index (κ3) is 3.65. The van der Waals surface area contributed by atoms with Gasteiger partial charge in [-0.25, -0.2) is 9.97 Å². The molecule has 0 atom stereocenters. The highest BCUT2D eigenvalue weighted by atomic mass is 15.0. The zero-order chi connectivity index (χ0) is 33.9. The van der Waals surface area contributed by atoms with E-state index in [1.165, 1.54) is 70.7 Å². The molecule has 0 aliphatic heterocycles. The van der Waals surface area contributed by atoms with Gasteiger partial charge in [0.2, 0.25) is 0 Å². The van der Waals surface area contributed by atoms with Gasteiger partial charge in [-0.1, -0.05) is 127 Å². The quantitative estimate of drug-likeness (QED) is 0.189. The third-order valence-electron chi connectivity index (χ3n) is 11.0. The van der Waals surface area contributed by atoms with Crippen molar-refractivity contribution in [3.63, 3.8) is 0 Å². The average Bonchev–Trinajstić information content (AvgIpc) is 3.85. The molecule has 12 aromatic rings. The first-order chi connectivity index (χ1) is 25.8. The lowest BCUT2D eigenvalue weighted by atomic mass is 10.0. The Labute approximate surface area is 297 Å². The molecule has 0 fully saturated rings. The van der Waals surface area contributed by atoms with Crippen molar-refractivity contribution >= 4 is 81.7 Å². The smallest absolute Gasteiger partial charge is 0.0973 e. The summed E-state index contributed by atoms with van der Waals surface area (Å²) in [6.45, 7) is 0. The topological polar surface area (TPSA) is 35.1 Å². The number of para-hydroxylation sites is 4. The predicted molar refractivity (Wildman–Crippen MR) is 217 cm³/mol. The van der Waals surface area contributed by atoms with Crippen LogP contribution >= 0.6 is 0 Å². The van der Waals surface area contributed by atoms with Crippen LogP contribution in [-0.2, 0) is 0 Å². The molecule has 0 radical (unpaired) electrons. The Bertz CT molecular complexity index is 3390. The summed E-state index contributed by atoms with van der Waals surface area (Å²) in [6, 6.07) is 61.0. The second-order valence-corrected chi connectivity index (χ2v) is 13.8. The normalized spacial score (nSPS) is 12.2. The molecule has 12 rings (SSSR count). The standard InChI is InChI=1S/C48H28N4/c1-2-13-30(14-3-1)44-45(50-40-19-9-8-18-39(40)49-44)31-22-25-32(26-23-31)51-46-33-15-5-4-12-29(33)24-27-35(46)38-28-37-34-16-6-10-20-41(34)52-42-21-11-7-17-36(42)43(47(38)51)48(37)52/h1-28H. The van der Waals surface area contributed by atoms with Crippen LogP contribution in [0, 0.1) is 0 Å². The average molecular weight is 661 g/mol. The van der Waals surface area contributed by atoms with E-state index in [2.05, 4.69) is 148 Å². The van der Waals surface area contributed by atoms with Crippen molar-refractivity contribution in [2.45, 2.75) is 0 Å². The molecular formula is C48H28N4. The fourth-order valence-electron chi connectivity index (χ4n) is 8.79. The van der Waals surface area contributed by atoms with Gasteiger partial charge in [0.1, 0.15) is 0 Å². The molecule has 240 valence electrons. The fourth-order valence-corrected chi connectivity index (χ4v) is 8.79.